The summed E-state index contributed by atoms with van der Waals surface area (Å²) in [5, 5.41) is 3.88. The predicted molar refractivity (Wildman–Crippen MR) is 102 cm³/mol. The van der Waals surface area contributed by atoms with E-state index in [4.69, 9.17) is 11.6 Å². The van der Waals surface area contributed by atoms with E-state index in [-0.39, 0.29) is 6.03 Å². The molecular formula is C19H30ClN3O. The highest BCUT2D eigenvalue weighted by Gasteiger charge is 2.21. The van der Waals surface area contributed by atoms with Gasteiger partial charge >= 0.3 is 6.03 Å². The summed E-state index contributed by atoms with van der Waals surface area (Å²) >= 11 is 6.06. The lowest BCUT2D eigenvalue weighted by Crippen LogP contribution is -2.52. The molecule has 1 fully saturated rings. The van der Waals surface area contributed by atoms with Crippen LogP contribution in [0, 0.1) is 5.92 Å². The molecule has 1 atom stereocenters. The SMILES string of the molecule is CCCCC(CC)CNC(=O)N1CCN(c2cccc(Cl)c2)CC1. The molecule has 1 aliphatic heterocycles. The zero-order chi connectivity index (χ0) is 17.4. The van der Waals surface area contributed by atoms with Crippen molar-refractivity contribution >= 4 is 23.3 Å². The maximum atomic E-state index is 12.4. The minimum absolute atomic E-state index is 0.0793. The normalized spacial score (nSPS) is 16.1. The van der Waals surface area contributed by atoms with E-state index in [1.54, 1.807) is 0 Å². The van der Waals surface area contributed by atoms with Gasteiger partial charge in [-0.25, -0.2) is 4.79 Å². The van der Waals surface area contributed by atoms with Gasteiger partial charge in [-0.3, -0.25) is 0 Å². The molecule has 1 aliphatic rings. The molecular weight excluding hydrogens is 322 g/mol. The number of hydrogen-bond acceptors (Lipinski definition) is 2. The zero-order valence-corrected chi connectivity index (χ0v) is 15.7. The van der Waals surface area contributed by atoms with Crippen molar-refractivity contribution in [1.82, 2.24) is 10.2 Å². The standard InChI is InChI=1S/C19H30ClN3O/c1-3-5-7-16(4-2)15-21-19(24)23-12-10-22(11-13-23)18-9-6-8-17(20)14-18/h6,8-9,14,16H,3-5,7,10-13,15H2,1-2H3,(H,21,24). The number of nitrogens with one attached hydrogen (secondary N) is 1. The van der Waals surface area contributed by atoms with Crippen LogP contribution >= 0.6 is 11.6 Å². The average molecular weight is 352 g/mol. The van der Waals surface area contributed by atoms with Gasteiger partial charge in [-0.05, 0) is 30.5 Å². The average Bonchev–Trinajstić information content (AvgIpc) is 2.62. The summed E-state index contributed by atoms with van der Waals surface area (Å²) in [6, 6.07) is 7.99. The summed E-state index contributed by atoms with van der Waals surface area (Å²) in [5.41, 5.74) is 1.13. The number of benzene rings is 1. The van der Waals surface area contributed by atoms with E-state index in [1.807, 2.05) is 23.1 Å². The molecule has 0 aliphatic carbocycles. The highest BCUT2D eigenvalue weighted by atomic mass is 35.5. The summed E-state index contributed by atoms with van der Waals surface area (Å²) in [5.74, 6) is 0.599. The molecule has 1 N–H and O–H groups in total. The topological polar surface area (TPSA) is 35.6 Å². The Hall–Kier alpha value is -1.42. The van der Waals surface area contributed by atoms with Gasteiger partial charge in [0.25, 0.3) is 0 Å². The zero-order valence-electron chi connectivity index (χ0n) is 14.9. The minimum atomic E-state index is 0.0793. The molecule has 1 heterocycles. The number of anilines is 1. The van der Waals surface area contributed by atoms with Crippen LogP contribution in [0.4, 0.5) is 10.5 Å². The van der Waals surface area contributed by atoms with E-state index in [0.29, 0.717) is 5.92 Å². The summed E-state index contributed by atoms with van der Waals surface area (Å²) in [6.45, 7) is 8.42. The first kappa shape index (κ1) is 18.9. The lowest BCUT2D eigenvalue weighted by molar-refractivity contribution is 0.192. The van der Waals surface area contributed by atoms with Crippen molar-refractivity contribution in [2.45, 2.75) is 39.5 Å². The second-order valence-corrected chi connectivity index (χ2v) is 6.99. The van der Waals surface area contributed by atoms with Gasteiger partial charge in [0.15, 0.2) is 0 Å². The third-order valence-electron chi connectivity index (χ3n) is 4.83. The summed E-state index contributed by atoms with van der Waals surface area (Å²) in [6.07, 6.45) is 4.79. The number of hydrogen-bond donors (Lipinski definition) is 1. The molecule has 1 saturated heterocycles. The van der Waals surface area contributed by atoms with Gasteiger partial charge in [-0.1, -0.05) is 50.8 Å². The largest absolute Gasteiger partial charge is 0.368 e. The van der Waals surface area contributed by atoms with Crippen LogP contribution < -0.4 is 10.2 Å². The van der Waals surface area contributed by atoms with E-state index in [1.165, 1.54) is 19.3 Å². The number of carbonyl (C=O) groups is 1. The van der Waals surface area contributed by atoms with E-state index in [9.17, 15) is 4.79 Å². The van der Waals surface area contributed by atoms with E-state index in [2.05, 4.69) is 30.1 Å². The van der Waals surface area contributed by atoms with Crippen LogP contribution in [0.3, 0.4) is 0 Å². The molecule has 0 radical (unpaired) electrons. The quantitative estimate of drug-likeness (QED) is 0.790. The lowest BCUT2D eigenvalue weighted by Gasteiger charge is -2.36. The van der Waals surface area contributed by atoms with Gasteiger partial charge in [0.1, 0.15) is 0 Å². The van der Waals surface area contributed by atoms with Crippen LogP contribution in [0.2, 0.25) is 5.02 Å². The third-order valence-corrected chi connectivity index (χ3v) is 5.06. The molecule has 134 valence electrons. The first-order valence-electron chi connectivity index (χ1n) is 9.17. The Morgan fingerprint density at radius 1 is 1.25 bits per heavy atom. The number of piperazine rings is 1. The van der Waals surface area contributed by atoms with Crippen LogP contribution in [0.15, 0.2) is 24.3 Å². The maximum Gasteiger partial charge on any atom is 0.317 e. The molecule has 0 saturated carbocycles. The molecule has 4 nitrogen and oxygen atoms in total. The number of urea groups is 1. The lowest BCUT2D eigenvalue weighted by atomic mass is 9.99. The van der Waals surface area contributed by atoms with Crippen molar-refractivity contribution < 1.29 is 4.79 Å². The second-order valence-electron chi connectivity index (χ2n) is 6.56. The van der Waals surface area contributed by atoms with Crippen LogP contribution in [0.25, 0.3) is 0 Å². The Morgan fingerprint density at radius 3 is 2.62 bits per heavy atom. The highest BCUT2D eigenvalue weighted by molar-refractivity contribution is 6.30. The number of halogens is 1. The Balaban J connectivity index is 1.76. The molecule has 1 aromatic rings. The van der Waals surface area contributed by atoms with Crippen molar-refractivity contribution in [2.75, 3.05) is 37.6 Å². The van der Waals surface area contributed by atoms with Gasteiger partial charge in [0, 0.05) is 43.4 Å². The number of amides is 2. The molecule has 0 bridgehead atoms. The second kappa shape index (κ2) is 9.77. The van der Waals surface area contributed by atoms with Crippen LogP contribution in [-0.2, 0) is 0 Å². The van der Waals surface area contributed by atoms with E-state index < -0.39 is 0 Å². The Morgan fingerprint density at radius 2 is 2.00 bits per heavy atom. The summed E-state index contributed by atoms with van der Waals surface area (Å²) in [4.78, 5) is 16.6. The van der Waals surface area contributed by atoms with Gasteiger partial charge in [0.05, 0.1) is 0 Å². The Kier molecular flexibility index (Phi) is 7.70. The van der Waals surface area contributed by atoms with E-state index >= 15 is 0 Å². The van der Waals surface area contributed by atoms with Crippen molar-refractivity contribution in [2.24, 2.45) is 5.92 Å². The summed E-state index contributed by atoms with van der Waals surface area (Å²) < 4.78 is 0. The summed E-state index contributed by atoms with van der Waals surface area (Å²) in [7, 11) is 0. The van der Waals surface area contributed by atoms with Crippen molar-refractivity contribution in [1.29, 1.82) is 0 Å². The molecule has 1 unspecified atom stereocenters. The van der Waals surface area contributed by atoms with Gasteiger partial charge in [-0.15, -0.1) is 0 Å². The number of nitrogens with zero attached hydrogens (tertiary/aromatic N) is 2. The van der Waals surface area contributed by atoms with Gasteiger partial charge in [-0.2, -0.15) is 0 Å². The van der Waals surface area contributed by atoms with Crippen LogP contribution in [0.1, 0.15) is 39.5 Å². The van der Waals surface area contributed by atoms with Crippen LogP contribution in [-0.4, -0.2) is 43.7 Å². The molecule has 0 aromatic heterocycles. The number of rotatable bonds is 7. The first-order chi connectivity index (χ1) is 11.6. The molecule has 0 spiro atoms. The Labute approximate surface area is 151 Å². The fourth-order valence-corrected chi connectivity index (χ4v) is 3.31. The third kappa shape index (κ3) is 5.59. The van der Waals surface area contributed by atoms with Crippen molar-refractivity contribution in [3.8, 4) is 0 Å². The predicted octanol–water partition coefficient (Wildman–Crippen LogP) is 4.39. The maximum absolute atomic E-state index is 12.4. The van der Waals surface area contributed by atoms with Gasteiger partial charge < -0.3 is 15.1 Å². The molecule has 2 rings (SSSR count). The van der Waals surface area contributed by atoms with Crippen LogP contribution in [0.5, 0.6) is 0 Å². The van der Waals surface area contributed by atoms with Gasteiger partial charge in [0.2, 0.25) is 0 Å². The molecule has 5 heteroatoms. The number of carbonyl (C=O) groups excluding carboxylic acids is 1. The molecule has 24 heavy (non-hydrogen) atoms. The highest BCUT2D eigenvalue weighted by Crippen LogP contribution is 2.20. The molecule has 1 aromatic carbocycles. The number of unbranched alkanes of at least 4 members (excludes halogenated alkanes) is 1. The Bertz CT molecular complexity index is 515. The van der Waals surface area contributed by atoms with Crippen molar-refractivity contribution in [3.63, 3.8) is 0 Å². The molecule has 2 amide bonds. The fraction of sp³-hybridized carbons (Fsp3) is 0.632. The smallest absolute Gasteiger partial charge is 0.317 e. The van der Waals surface area contributed by atoms with Crippen molar-refractivity contribution in [3.05, 3.63) is 29.3 Å². The fourth-order valence-electron chi connectivity index (χ4n) is 3.13. The van der Waals surface area contributed by atoms with E-state index in [0.717, 1.165) is 49.9 Å². The monoisotopic (exact) mass is 351 g/mol. The minimum Gasteiger partial charge on any atom is -0.368 e. The first-order valence-corrected chi connectivity index (χ1v) is 9.55.